The molecule has 3 aliphatic heterocycles. The summed E-state index contributed by atoms with van der Waals surface area (Å²) < 4.78 is 21.3. The van der Waals surface area contributed by atoms with Gasteiger partial charge in [0.25, 0.3) is 5.91 Å². The van der Waals surface area contributed by atoms with Gasteiger partial charge >= 0.3 is 0 Å². The quantitative estimate of drug-likeness (QED) is 0.637. The van der Waals surface area contributed by atoms with Crippen LogP contribution in [-0.2, 0) is 10.3 Å². The van der Waals surface area contributed by atoms with Crippen molar-refractivity contribution >= 4 is 17.4 Å². The van der Waals surface area contributed by atoms with Gasteiger partial charge in [-0.25, -0.2) is 4.39 Å². The maximum atomic E-state index is 15.1. The molecule has 5 nitrogen and oxygen atoms in total. The van der Waals surface area contributed by atoms with Crippen molar-refractivity contribution in [2.75, 3.05) is 25.5 Å². The van der Waals surface area contributed by atoms with Gasteiger partial charge in [0.2, 0.25) is 0 Å². The summed E-state index contributed by atoms with van der Waals surface area (Å²) in [5.41, 5.74) is -0.417. The monoisotopic (exact) mass is 428 g/mol. The fourth-order valence-electron chi connectivity index (χ4n) is 6.15. The van der Waals surface area contributed by atoms with E-state index in [9.17, 15) is 9.59 Å². The molecule has 0 bridgehead atoms. The van der Waals surface area contributed by atoms with Crippen LogP contribution < -0.4 is 10.1 Å². The van der Waals surface area contributed by atoms with Crippen molar-refractivity contribution in [3.8, 4) is 5.75 Å². The van der Waals surface area contributed by atoms with Crippen LogP contribution in [0.1, 0.15) is 27.4 Å². The van der Waals surface area contributed by atoms with Crippen LogP contribution in [0.3, 0.4) is 0 Å². The molecular formula is C26H21FN2O3. The summed E-state index contributed by atoms with van der Waals surface area (Å²) in [4.78, 5) is 30.1. The molecule has 6 rings (SSSR count). The largest absolute Gasteiger partial charge is 0.492 e. The number of fused-ring (bicyclic) bond motifs is 4. The fraction of sp³-hybridized carbons (Fsp3) is 0.231. The van der Waals surface area contributed by atoms with Gasteiger partial charge in [0.15, 0.2) is 5.78 Å². The summed E-state index contributed by atoms with van der Waals surface area (Å²) in [5, 5.41) is 2.98. The topological polar surface area (TPSA) is 58.6 Å². The number of amides is 1. The molecule has 1 fully saturated rings. The number of nitrogens with zero attached hydrogens (tertiary/aromatic N) is 1. The Kier molecular flexibility index (Phi) is 3.90. The summed E-state index contributed by atoms with van der Waals surface area (Å²) in [6.45, 7) is 0.313. The number of Topliss-reactive ketones (excluding diaryl/α,β-unsaturated/α-hetero) is 1. The van der Waals surface area contributed by atoms with Crippen LogP contribution in [-0.4, -0.2) is 36.8 Å². The van der Waals surface area contributed by atoms with Crippen molar-refractivity contribution in [3.05, 3.63) is 95.3 Å². The van der Waals surface area contributed by atoms with Gasteiger partial charge in [0, 0.05) is 23.7 Å². The van der Waals surface area contributed by atoms with Crippen LogP contribution in [0.2, 0.25) is 0 Å². The van der Waals surface area contributed by atoms with Crippen LogP contribution in [0.25, 0.3) is 0 Å². The molecule has 3 heterocycles. The number of likely N-dealkylation sites (N-methyl/N-ethyl adjacent to an activating group) is 1. The van der Waals surface area contributed by atoms with E-state index in [2.05, 4.69) is 5.32 Å². The molecule has 0 radical (unpaired) electrons. The Balaban J connectivity index is 1.69. The second-order valence-electron chi connectivity index (χ2n) is 8.75. The van der Waals surface area contributed by atoms with Gasteiger partial charge in [0.05, 0.1) is 5.56 Å². The number of carbonyl (C=O) groups excluding carboxylic acids is 2. The lowest BCUT2D eigenvalue weighted by Gasteiger charge is -2.47. The zero-order chi connectivity index (χ0) is 22.1. The Morgan fingerprint density at radius 1 is 1.00 bits per heavy atom. The zero-order valence-corrected chi connectivity index (χ0v) is 17.5. The van der Waals surface area contributed by atoms with E-state index in [4.69, 9.17) is 4.74 Å². The molecule has 1 amide bonds. The zero-order valence-electron chi connectivity index (χ0n) is 17.5. The van der Waals surface area contributed by atoms with Crippen LogP contribution in [0.15, 0.2) is 72.8 Å². The Labute approximate surface area is 184 Å². The van der Waals surface area contributed by atoms with E-state index in [0.717, 1.165) is 5.56 Å². The highest BCUT2D eigenvalue weighted by Gasteiger charge is 2.75. The molecule has 6 heteroatoms. The third-order valence-corrected chi connectivity index (χ3v) is 7.44. The minimum Gasteiger partial charge on any atom is -0.492 e. The van der Waals surface area contributed by atoms with Crippen molar-refractivity contribution < 1.29 is 18.7 Å². The number of ether oxygens (including phenoxy) is 1. The lowest BCUT2D eigenvalue weighted by molar-refractivity contribution is -0.131. The van der Waals surface area contributed by atoms with Crippen molar-refractivity contribution in [1.29, 1.82) is 0 Å². The van der Waals surface area contributed by atoms with E-state index >= 15 is 4.39 Å². The number of benzene rings is 3. The number of carbonyl (C=O) groups is 2. The van der Waals surface area contributed by atoms with E-state index in [1.807, 2.05) is 42.3 Å². The molecule has 0 unspecified atom stereocenters. The Morgan fingerprint density at radius 2 is 1.72 bits per heavy atom. The second kappa shape index (κ2) is 6.50. The lowest BCUT2D eigenvalue weighted by atomic mass is 9.57. The highest BCUT2D eigenvalue weighted by Crippen LogP contribution is 2.64. The van der Waals surface area contributed by atoms with Gasteiger partial charge in [-0.2, -0.15) is 0 Å². The molecule has 3 aromatic carbocycles. The number of halogens is 1. The predicted molar refractivity (Wildman–Crippen MR) is 117 cm³/mol. The minimum absolute atomic E-state index is 0.0199. The van der Waals surface area contributed by atoms with Gasteiger partial charge in [-0.1, -0.05) is 48.5 Å². The second-order valence-corrected chi connectivity index (χ2v) is 8.75. The van der Waals surface area contributed by atoms with Gasteiger partial charge in [-0.05, 0) is 36.9 Å². The van der Waals surface area contributed by atoms with Gasteiger partial charge in [0.1, 0.15) is 29.1 Å². The maximum absolute atomic E-state index is 15.1. The molecule has 0 saturated carbocycles. The van der Waals surface area contributed by atoms with Gasteiger partial charge < -0.3 is 10.1 Å². The van der Waals surface area contributed by atoms with Crippen molar-refractivity contribution in [1.82, 2.24) is 4.90 Å². The third-order valence-electron chi connectivity index (χ3n) is 7.44. The molecule has 0 aliphatic carbocycles. The lowest BCUT2D eigenvalue weighted by Crippen LogP contribution is -2.62. The molecule has 3 atom stereocenters. The number of hydrogen-bond donors (Lipinski definition) is 1. The van der Waals surface area contributed by atoms with E-state index < -0.39 is 16.9 Å². The average molecular weight is 428 g/mol. The summed E-state index contributed by atoms with van der Waals surface area (Å²) in [5.74, 6) is -0.945. The highest BCUT2D eigenvalue weighted by atomic mass is 19.1. The van der Waals surface area contributed by atoms with Crippen LogP contribution in [0.4, 0.5) is 10.1 Å². The number of likely N-dealkylation sites (tertiary alicyclic amines) is 1. The first-order valence-electron chi connectivity index (χ1n) is 10.6. The third kappa shape index (κ3) is 2.10. The molecule has 2 spiro atoms. The Hall–Kier alpha value is -3.51. The maximum Gasteiger partial charge on any atom is 0.250 e. The molecule has 1 saturated heterocycles. The molecule has 3 aromatic rings. The fourth-order valence-corrected chi connectivity index (χ4v) is 6.15. The Morgan fingerprint density at radius 3 is 2.56 bits per heavy atom. The number of hydrogen-bond acceptors (Lipinski definition) is 4. The summed E-state index contributed by atoms with van der Waals surface area (Å²) >= 11 is 0. The van der Waals surface area contributed by atoms with E-state index in [1.54, 1.807) is 36.4 Å². The molecule has 160 valence electrons. The van der Waals surface area contributed by atoms with Crippen LogP contribution >= 0.6 is 0 Å². The number of ketones is 1. The molecule has 0 aromatic heterocycles. The smallest absolute Gasteiger partial charge is 0.250 e. The molecule has 32 heavy (non-hydrogen) atoms. The normalized spacial score (nSPS) is 28.5. The minimum atomic E-state index is -1.34. The van der Waals surface area contributed by atoms with Crippen molar-refractivity contribution in [2.24, 2.45) is 5.41 Å². The molecular weight excluding hydrogens is 407 g/mol. The predicted octanol–water partition coefficient (Wildman–Crippen LogP) is 3.96. The van der Waals surface area contributed by atoms with Crippen molar-refractivity contribution in [2.45, 2.75) is 11.5 Å². The number of anilines is 1. The molecule has 3 aliphatic rings. The average Bonchev–Trinajstić information content (AvgIpc) is 3.25. The first kappa shape index (κ1) is 19.2. The number of para-hydroxylation sites is 2. The first-order chi connectivity index (χ1) is 15.5. The van der Waals surface area contributed by atoms with E-state index in [-0.39, 0.29) is 24.1 Å². The first-order valence-corrected chi connectivity index (χ1v) is 10.6. The highest BCUT2D eigenvalue weighted by molar-refractivity contribution is 6.15. The summed E-state index contributed by atoms with van der Waals surface area (Å²) in [6.07, 6.45) is 0. The standard InChI is InChI=1S/C26H21FN2O3/c1-29-14-19(16-8-2-5-11-20(16)27)25(15-32-22-13-7-3-9-17(22)23(25)30)26(29)18-10-4-6-12-21(18)28-24(26)31/h2-13,19H,14-15H2,1H3,(H,28,31)/t19-,25-,26-/m0/s1. The van der Waals surface area contributed by atoms with Crippen LogP contribution in [0, 0.1) is 11.2 Å². The number of rotatable bonds is 1. The van der Waals surface area contributed by atoms with Crippen molar-refractivity contribution in [3.63, 3.8) is 0 Å². The van der Waals surface area contributed by atoms with E-state index in [0.29, 0.717) is 29.1 Å². The van der Waals surface area contributed by atoms with Gasteiger partial charge in [-0.3, -0.25) is 14.5 Å². The SMILES string of the molecule is CN1C[C@@H](c2ccccc2F)[C@]2(COc3ccccc3C2=O)[C@]12C(=O)Nc1ccccc12. The number of nitrogens with one attached hydrogen (secondary N) is 1. The summed E-state index contributed by atoms with van der Waals surface area (Å²) in [7, 11) is 1.83. The van der Waals surface area contributed by atoms with Crippen LogP contribution in [0.5, 0.6) is 5.75 Å². The van der Waals surface area contributed by atoms with Gasteiger partial charge in [-0.15, -0.1) is 0 Å². The summed E-state index contributed by atoms with van der Waals surface area (Å²) in [6, 6.07) is 21.0. The molecule has 1 N–H and O–H groups in total. The van der Waals surface area contributed by atoms with E-state index in [1.165, 1.54) is 6.07 Å². The Bertz CT molecular complexity index is 1290.